The highest BCUT2D eigenvalue weighted by atomic mass is 35.5. The Morgan fingerprint density at radius 2 is 1.29 bits per heavy atom. The van der Waals surface area contributed by atoms with E-state index in [1.807, 2.05) is 13.8 Å². The maximum atomic E-state index is 11.4. The molecule has 100 valence electrons. The van der Waals surface area contributed by atoms with Gasteiger partial charge < -0.3 is 4.74 Å². The number of unbranched alkanes of at least 4 members (excludes halogenated alkanes) is 2. The maximum Gasteiger partial charge on any atom is 0.331 e. The van der Waals surface area contributed by atoms with E-state index in [4.69, 9.17) is 23.2 Å². The molecular formula is C12H20Cl2O3. The predicted octanol–water partition coefficient (Wildman–Crippen LogP) is 3.65. The Morgan fingerprint density at radius 1 is 0.941 bits per heavy atom. The maximum absolute atomic E-state index is 11.4. The second-order valence-electron chi connectivity index (χ2n) is 3.96. The monoisotopic (exact) mass is 282 g/mol. The molecule has 0 saturated heterocycles. The molecule has 0 aliphatic carbocycles. The van der Waals surface area contributed by atoms with Gasteiger partial charge in [0.1, 0.15) is 10.8 Å². The van der Waals surface area contributed by atoms with Gasteiger partial charge >= 0.3 is 11.9 Å². The lowest BCUT2D eigenvalue weighted by molar-refractivity contribution is -0.159. The molecule has 0 bridgehead atoms. The van der Waals surface area contributed by atoms with Gasteiger partial charge in [0.2, 0.25) is 0 Å². The number of hydrogen-bond donors (Lipinski definition) is 0. The molecule has 0 saturated carbocycles. The van der Waals surface area contributed by atoms with Gasteiger partial charge in [0, 0.05) is 0 Å². The summed E-state index contributed by atoms with van der Waals surface area (Å²) >= 11 is 11.6. The van der Waals surface area contributed by atoms with Gasteiger partial charge in [-0.25, -0.2) is 9.59 Å². The van der Waals surface area contributed by atoms with Gasteiger partial charge in [-0.15, -0.1) is 23.2 Å². The van der Waals surface area contributed by atoms with Crippen molar-refractivity contribution in [2.75, 3.05) is 0 Å². The Kier molecular flexibility index (Phi) is 9.56. The molecule has 0 radical (unpaired) electrons. The molecule has 0 amide bonds. The molecule has 3 nitrogen and oxygen atoms in total. The van der Waals surface area contributed by atoms with E-state index in [1.54, 1.807) is 0 Å². The van der Waals surface area contributed by atoms with Crippen LogP contribution in [0.25, 0.3) is 0 Å². The number of hydrogen-bond acceptors (Lipinski definition) is 3. The summed E-state index contributed by atoms with van der Waals surface area (Å²) in [5.41, 5.74) is 0. The average molecular weight is 283 g/mol. The van der Waals surface area contributed by atoms with Gasteiger partial charge in [-0.3, -0.25) is 0 Å². The van der Waals surface area contributed by atoms with Crippen LogP contribution < -0.4 is 0 Å². The lowest BCUT2D eigenvalue weighted by atomic mass is 10.2. The summed E-state index contributed by atoms with van der Waals surface area (Å²) in [6, 6.07) is 0. The Morgan fingerprint density at radius 3 is 1.59 bits per heavy atom. The number of alkyl halides is 2. The van der Waals surface area contributed by atoms with Crippen molar-refractivity contribution in [3.63, 3.8) is 0 Å². The third-order valence-electron chi connectivity index (χ3n) is 2.33. The van der Waals surface area contributed by atoms with Crippen LogP contribution in [0.2, 0.25) is 0 Å². The highest BCUT2D eigenvalue weighted by Gasteiger charge is 2.24. The summed E-state index contributed by atoms with van der Waals surface area (Å²) < 4.78 is 4.63. The molecule has 2 atom stereocenters. The van der Waals surface area contributed by atoms with Gasteiger partial charge in [-0.1, -0.05) is 39.5 Å². The van der Waals surface area contributed by atoms with Gasteiger partial charge in [-0.2, -0.15) is 0 Å². The Hall–Kier alpha value is -0.280. The van der Waals surface area contributed by atoms with E-state index in [0.29, 0.717) is 12.8 Å². The van der Waals surface area contributed by atoms with Crippen LogP contribution in [0.1, 0.15) is 52.4 Å². The fourth-order valence-corrected chi connectivity index (χ4v) is 1.63. The second kappa shape index (κ2) is 9.72. The van der Waals surface area contributed by atoms with Crippen molar-refractivity contribution in [3.05, 3.63) is 0 Å². The van der Waals surface area contributed by atoms with Gasteiger partial charge in [0.05, 0.1) is 0 Å². The highest BCUT2D eigenvalue weighted by molar-refractivity contribution is 6.33. The minimum atomic E-state index is -0.756. The first-order valence-electron chi connectivity index (χ1n) is 6.06. The lowest BCUT2D eigenvalue weighted by Gasteiger charge is -2.10. The van der Waals surface area contributed by atoms with Crippen LogP contribution in [0.4, 0.5) is 0 Å². The first-order chi connectivity index (χ1) is 8.02. The summed E-state index contributed by atoms with van der Waals surface area (Å²) in [7, 11) is 0. The largest absolute Gasteiger partial charge is 0.391 e. The summed E-state index contributed by atoms with van der Waals surface area (Å²) in [5.74, 6) is -1.38. The third-order valence-corrected chi connectivity index (χ3v) is 3.13. The van der Waals surface area contributed by atoms with Crippen LogP contribution in [0.5, 0.6) is 0 Å². The molecule has 0 fully saturated rings. The van der Waals surface area contributed by atoms with Crippen LogP contribution in [0.3, 0.4) is 0 Å². The molecule has 0 aromatic rings. The first-order valence-corrected chi connectivity index (χ1v) is 6.93. The quantitative estimate of drug-likeness (QED) is 0.388. The number of ether oxygens (including phenoxy) is 1. The third kappa shape index (κ3) is 7.61. The zero-order valence-electron chi connectivity index (χ0n) is 10.4. The van der Waals surface area contributed by atoms with Crippen molar-refractivity contribution in [1.82, 2.24) is 0 Å². The van der Waals surface area contributed by atoms with Crippen LogP contribution in [-0.2, 0) is 14.3 Å². The van der Waals surface area contributed by atoms with Crippen molar-refractivity contribution in [3.8, 4) is 0 Å². The summed E-state index contributed by atoms with van der Waals surface area (Å²) in [5, 5.41) is -1.51. The standard InChI is InChI=1S/C12H20Cl2O3/c1-3-5-7-9(13)11(15)17-12(16)10(14)8-6-4-2/h9-10H,3-8H2,1-2H3. The summed E-state index contributed by atoms with van der Waals surface area (Å²) in [6.07, 6.45) is 4.59. The molecule has 2 unspecified atom stereocenters. The van der Waals surface area contributed by atoms with Crippen LogP contribution >= 0.6 is 23.2 Å². The number of halogens is 2. The molecule has 0 heterocycles. The van der Waals surface area contributed by atoms with Crippen molar-refractivity contribution >= 4 is 35.1 Å². The Balaban J connectivity index is 3.97. The highest BCUT2D eigenvalue weighted by Crippen LogP contribution is 2.13. The van der Waals surface area contributed by atoms with Gasteiger partial charge in [0.15, 0.2) is 0 Å². The molecule has 0 N–H and O–H groups in total. The smallest absolute Gasteiger partial charge is 0.331 e. The number of carbonyl (C=O) groups excluding carboxylic acids is 2. The normalized spacial score (nSPS) is 14.1. The molecule has 0 aromatic heterocycles. The summed E-state index contributed by atoms with van der Waals surface area (Å²) in [4.78, 5) is 22.8. The zero-order chi connectivity index (χ0) is 13.3. The lowest BCUT2D eigenvalue weighted by Crippen LogP contribution is -2.26. The van der Waals surface area contributed by atoms with E-state index in [0.717, 1.165) is 25.7 Å². The zero-order valence-corrected chi connectivity index (χ0v) is 11.9. The molecule has 0 aliphatic rings. The van der Waals surface area contributed by atoms with Crippen molar-refractivity contribution in [2.24, 2.45) is 0 Å². The van der Waals surface area contributed by atoms with E-state index in [9.17, 15) is 9.59 Å². The second-order valence-corrected chi connectivity index (χ2v) is 5.01. The van der Waals surface area contributed by atoms with Crippen LogP contribution in [0.15, 0.2) is 0 Å². The van der Waals surface area contributed by atoms with E-state index in [-0.39, 0.29) is 0 Å². The number of carbonyl (C=O) groups is 2. The van der Waals surface area contributed by atoms with Gasteiger partial charge in [-0.05, 0) is 12.8 Å². The van der Waals surface area contributed by atoms with Gasteiger partial charge in [0.25, 0.3) is 0 Å². The summed E-state index contributed by atoms with van der Waals surface area (Å²) in [6.45, 7) is 4.00. The van der Waals surface area contributed by atoms with E-state index in [1.165, 1.54) is 0 Å². The Labute approximate surface area is 113 Å². The predicted molar refractivity (Wildman–Crippen MR) is 69.4 cm³/mol. The van der Waals surface area contributed by atoms with E-state index in [2.05, 4.69) is 4.74 Å². The molecule has 0 spiro atoms. The van der Waals surface area contributed by atoms with Crippen molar-refractivity contribution in [1.29, 1.82) is 0 Å². The first kappa shape index (κ1) is 16.7. The van der Waals surface area contributed by atoms with Crippen LogP contribution in [-0.4, -0.2) is 22.7 Å². The SMILES string of the molecule is CCCCC(Cl)C(=O)OC(=O)C(Cl)CCCC. The molecule has 0 aliphatic heterocycles. The average Bonchev–Trinajstić information content (AvgIpc) is 2.32. The Bertz CT molecular complexity index is 220. The molecule has 17 heavy (non-hydrogen) atoms. The minimum Gasteiger partial charge on any atom is -0.391 e. The van der Waals surface area contributed by atoms with Crippen molar-refractivity contribution in [2.45, 2.75) is 63.1 Å². The fourth-order valence-electron chi connectivity index (χ4n) is 1.23. The molecule has 0 rings (SSSR count). The van der Waals surface area contributed by atoms with E-state index < -0.39 is 22.7 Å². The number of rotatable bonds is 8. The fraction of sp³-hybridized carbons (Fsp3) is 0.833. The van der Waals surface area contributed by atoms with E-state index >= 15 is 0 Å². The molecular weight excluding hydrogens is 263 g/mol. The topological polar surface area (TPSA) is 43.4 Å². The molecule has 0 aromatic carbocycles. The van der Waals surface area contributed by atoms with Crippen molar-refractivity contribution < 1.29 is 14.3 Å². The number of esters is 2. The minimum absolute atomic E-state index is 0.520. The molecule has 5 heteroatoms. The van der Waals surface area contributed by atoms with Crippen LogP contribution in [0, 0.1) is 0 Å².